The van der Waals surface area contributed by atoms with Gasteiger partial charge in [0.1, 0.15) is 12.1 Å². The number of rotatable bonds is 5. The highest BCUT2D eigenvalue weighted by atomic mass is 127. The number of hydrogen-bond donors (Lipinski definition) is 2. The first kappa shape index (κ1) is 21.8. The number of hydrogen-bond acceptors (Lipinski definition) is 3. The van der Waals surface area contributed by atoms with Crippen molar-refractivity contribution >= 4 is 35.9 Å². The van der Waals surface area contributed by atoms with Crippen LogP contribution in [0.1, 0.15) is 48.5 Å². The van der Waals surface area contributed by atoms with Crippen LogP contribution in [0.15, 0.2) is 4.99 Å². The van der Waals surface area contributed by atoms with Gasteiger partial charge in [-0.1, -0.05) is 13.8 Å². The monoisotopic (exact) mass is 399 g/mol. The lowest BCUT2D eigenvalue weighted by Crippen LogP contribution is -2.44. The Morgan fingerprint density at radius 1 is 1.25 bits per heavy atom. The van der Waals surface area contributed by atoms with Crippen molar-refractivity contribution < 1.29 is 9.53 Å². The summed E-state index contributed by atoms with van der Waals surface area (Å²) in [7, 11) is 0. The summed E-state index contributed by atoms with van der Waals surface area (Å²) in [6.45, 7) is 14.7. The van der Waals surface area contributed by atoms with Crippen molar-refractivity contribution in [3.63, 3.8) is 0 Å². The molecule has 0 aromatic heterocycles. The van der Waals surface area contributed by atoms with Gasteiger partial charge >= 0.3 is 5.97 Å². The van der Waals surface area contributed by atoms with Crippen molar-refractivity contribution in [2.75, 3.05) is 13.1 Å². The van der Waals surface area contributed by atoms with E-state index in [1.165, 1.54) is 0 Å². The van der Waals surface area contributed by atoms with E-state index in [4.69, 9.17) is 4.74 Å². The highest BCUT2D eigenvalue weighted by molar-refractivity contribution is 14.0. The average molecular weight is 399 g/mol. The normalized spacial score (nSPS) is 13.5. The van der Waals surface area contributed by atoms with Crippen molar-refractivity contribution in [3.8, 4) is 0 Å². The molecule has 6 heteroatoms. The van der Waals surface area contributed by atoms with Gasteiger partial charge < -0.3 is 15.4 Å². The van der Waals surface area contributed by atoms with Crippen molar-refractivity contribution in [2.45, 2.75) is 60.1 Å². The maximum absolute atomic E-state index is 11.6. The highest BCUT2D eigenvalue weighted by Gasteiger charge is 2.16. The second-order valence-electron chi connectivity index (χ2n) is 5.96. The van der Waals surface area contributed by atoms with Crippen LogP contribution < -0.4 is 10.6 Å². The minimum Gasteiger partial charge on any atom is -0.459 e. The van der Waals surface area contributed by atoms with E-state index in [9.17, 15) is 4.79 Å². The number of carbonyl (C=O) groups excluding carboxylic acids is 1. The van der Waals surface area contributed by atoms with E-state index in [0.29, 0.717) is 11.9 Å². The second kappa shape index (κ2) is 10.2. The Balaban J connectivity index is 0. The van der Waals surface area contributed by atoms with Gasteiger partial charge in [0.2, 0.25) is 0 Å². The minimum absolute atomic E-state index is 0. The average Bonchev–Trinajstić information content (AvgIpc) is 2.23. The number of halogens is 1. The van der Waals surface area contributed by atoms with Gasteiger partial charge in [-0.15, -0.1) is 24.0 Å². The zero-order valence-corrected chi connectivity index (χ0v) is 16.1. The predicted octanol–water partition coefficient (Wildman–Crippen LogP) is 2.55. The third-order valence-electron chi connectivity index (χ3n) is 2.49. The number of nitrogens with zero attached hydrogens (tertiary/aromatic N) is 1. The number of ether oxygens (including phenoxy) is 1. The standard InChI is InChI=1S/C14H29N3O2.HI/c1-8-15-13(17-11(4)10(2)3)16-9-12(18)19-14(5,6)7;/h10-11H,8-9H2,1-7H3,(H2,15,16,17);1H. The fraction of sp³-hybridized carbons (Fsp3) is 0.857. The Labute approximate surface area is 140 Å². The first-order valence-electron chi connectivity index (χ1n) is 6.92. The molecule has 1 atom stereocenters. The molecule has 0 aliphatic carbocycles. The number of esters is 1. The van der Waals surface area contributed by atoms with Gasteiger partial charge in [-0.05, 0) is 40.5 Å². The van der Waals surface area contributed by atoms with E-state index in [1.54, 1.807) is 0 Å². The Morgan fingerprint density at radius 2 is 1.80 bits per heavy atom. The van der Waals surface area contributed by atoms with Crippen molar-refractivity contribution in [3.05, 3.63) is 0 Å². The van der Waals surface area contributed by atoms with E-state index in [2.05, 4.69) is 36.4 Å². The molecule has 0 spiro atoms. The Morgan fingerprint density at radius 3 is 2.20 bits per heavy atom. The van der Waals surface area contributed by atoms with Gasteiger partial charge in [0.05, 0.1) is 0 Å². The molecule has 0 saturated heterocycles. The fourth-order valence-electron chi connectivity index (χ4n) is 1.22. The quantitative estimate of drug-likeness (QED) is 0.323. The van der Waals surface area contributed by atoms with Crippen LogP contribution in [0.3, 0.4) is 0 Å². The van der Waals surface area contributed by atoms with Crippen LogP contribution >= 0.6 is 24.0 Å². The zero-order chi connectivity index (χ0) is 15.1. The molecule has 0 bridgehead atoms. The van der Waals surface area contributed by atoms with Gasteiger partial charge in [-0.25, -0.2) is 4.99 Å². The number of guanidine groups is 1. The van der Waals surface area contributed by atoms with Crippen LogP contribution in [0.5, 0.6) is 0 Å². The molecular formula is C14H30IN3O2. The lowest BCUT2D eigenvalue weighted by molar-refractivity contribution is -0.152. The third-order valence-corrected chi connectivity index (χ3v) is 2.49. The van der Waals surface area contributed by atoms with Crippen LogP contribution in [0.25, 0.3) is 0 Å². The van der Waals surface area contributed by atoms with Gasteiger partial charge in [-0.2, -0.15) is 0 Å². The summed E-state index contributed by atoms with van der Waals surface area (Å²) < 4.78 is 5.22. The first-order chi connectivity index (χ1) is 8.65. The Hall–Kier alpha value is -0.530. The highest BCUT2D eigenvalue weighted by Crippen LogP contribution is 2.06. The van der Waals surface area contributed by atoms with Gasteiger partial charge in [-0.3, -0.25) is 4.79 Å². The summed E-state index contributed by atoms with van der Waals surface area (Å²) in [4.78, 5) is 15.8. The van der Waals surface area contributed by atoms with Crippen LogP contribution in [0.4, 0.5) is 0 Å². The minimum atomic E-state index is -0.469. The molecule has 0 aromatic rings. The smallest absolute Gasteiger partial charge is 0.328 e. The second-order valence-corrected chi connectivity index (χ2v) is 5.96. The third kappa shape index (κ3) is 11.3. The predicted molar refractivity (Wildman–Crippen MR) is 94.7 cm³/mol. The largest absolute Gasteiger partial charge is 0.459 e. The van der Waals surface area contributed by atoms with Crippen LogP contribution in [0, 0.1) is 5.92 Å². The first-order valence-corrected chi connectivity index (χ1v) is 6.92. The zero-order valence-electron chi connectivity index (χ0n) is 13.7. The molecule has 0 aliphatic rings. The molecule has 0 aromatic carbocycles. The molecule has 5 nitrogen and oxygen atoms in total. The van der Waals surface area contributed by atoms with Crippen molar-refractivity contribution in [2.24, 2.45) is 10.9 Å². The van der Waals surface area contributed by atoms with Crippen LogP contribution in [-0.2, 0) is 9.53 Å². The molecule has 0 rings (SSSR count). The molecular weight excluding hydrogens is 369 g/mol. The Kier molecular flexibility index (Phi) is 11.1. The number of aliphatic imine (C=N–C) groups is 1. The number of carbonyl (C=O) groups is 1. The fourth-order valence-corrected chi connectivity index (χ4v) is 1.22. The summed E-state index contributed by atoms with van der Waals surface area (Å²) in [5.41, 5.74) is -0.469. The lowest BCUT2D eigenvalue weighted by Gasteiger charge is -2.21. The molecule has 0 saturated carbocycles. The Bertz CT molecular complexity index is 312. The molecule has 1 unspecified atom stereocenters. The van der Waals surface area contributed by atoms with Crippen LogP contribution in [0.2, 0.25) is 0 Å². The molecule has 2 N–H and O–H groups in total. The lowest BCUT2D eigenvalue weighted by atomic mass is 10.1. The molecule has 20 heavy (non-hydrogen) atoms. The summed E-state index contributed by atoms with van der Waals surface area (Å²) in [5, 5.41) is 6.38. The molecule has 0 heterocycles. The van der Waals surface area contributed by atoms with Crippen molar-refractivity contribution in [1.82, 2.24) is 10.6 Å². The maximum atomic E-state index is 11.6. The summed E-state index contributed by atoms with van der Waals surface area (Å²) in [6.07, 6.45) is 0. The van der Waals surface area contributed by atoms with Crippen molar-refractivity contribution in [1.29, 1.82) is 0 Å². The summed E-state index contributed by atoms with van der Waals surface area (Å²) >= 11 is 0. The molecule has 0 radical (unpaired) electrons. The summed E-state index contributed by atoms with van der Waals surface area (Å²) in [5.74, 6) is 0.821. The maximum Gasteiger partial charge on any atom is 0.328 e. The van der Waals surface area contributed by atoms with E-state index in [0.717, 1.165) is 6.54 Å². The molecule has 120 valence electrons. The van der Waals surface area contributed by atoms with E-state index < -0.39 is 5.60 Å². The SMILES string of the molecule is CCNC(=NCC(=O)OC(C)(C)C)NC(C)C(C)C.I. The topological polar surface area (TPSA) is 62.7 Å². The van der Waals surface area contributed by atoms with Gasteiger partial charge in [0, 0.05) is 12.6 Å². The van der Waals surface area contributed by atoms with Crippen LogP contribution in [-0.4, -0.2) is 36.7 Å². The van der Waals surface area contributed by atoms with E-state index in [1.807, 2.05) is 27.7 Å². The van der Waals surface area contributed by atoms with Gasteiger partial charge in [0.15, 0.2) is 5.96 Å². The summed E-state index contributed by atoms with van der Waals surface area (Å²) in [6, 6.07) is 0.288. The van der Waals surface area contributed by atoms with E-state index >= 15 is 0 Å². The molecule has 0 fully saturated rings. The van der Waals surface area contributed by atoms with E-state index in [-0.39, 0.29) is 42.5 Å². The number of nitrogens with one attached hydrogen (secondary N) is 2. The molecule has 0 aliphatic heterocycles. The van der Waals surface area contributed by atoms with Gasteiger partial charge in [0.25, 0.3) is 0 Å². The molecule has 0 amide bonds.